The first-order chi connectivity index (χ1) is 9.99. The maximum Gasteiger partial charge on any atom is 0.265 e. The van der Waals surface area contributed by atoms with Crippen LogP contribution >= 0.6 is 11.8 Å². The lowest BCUT2D eigenvalue weighted by Gasteiger charge is -2.07. The fourth-order valence-corrected chi connectivity index (χ4v) is 2.94. The van der Waals surface area contributed by atoms with E-state index in [1.165, 1.54) is 30.0 Å². The number of pyridine rings is 1. The van der Waals surface area contributed by atoms with E-state index in [0.29, 0.717) is 16.9 Å². The Kier molecular flexibility index (Phi) is 4.93. The number of halogens is 1. The molecule has 0 aliphatic carbocycles. The van der Waals surface area contributed by atoms with Crippen LogP contribution < -0.4 is 11.3 Å². The monoisotopic (exact) mass is 305 g/mol. The van der Waals surface area contributed by atoms with Gasteiger partial charge in [0.15, 0.2) is 0 Å². The van der Waals surface area contributed by atoms with Crippen LogP contribution in [-0.2, 0) is 5.75 Å². The summed E-state index contributed by atoms with van der Waals surface area (Å²) in [5.74, 6) is 4.69. The lowest BCUT2D eigenvalue weighted by atomic mass is 10.1. The number of benzene rings is 1. The number of hydrogen-bond acceptors (Lipinski definition) is 4. The molecule has 0 aliphatic heterocycles. The number of carbonyl (C=O) groups excluding carboxylic acids is 1. The summed E-state index contributed by atoms with van der Waals surface area (Å²) in [5, 5.41) is 0.834. The standard InChI is InChI=1S/C15H16FN3OS/c1-9-5-10(2)18-14(6-9)21-8-12-7-11(15(20)19-17)3-4-13(12)16/h3-7H,8,17H2,1-2H3,(H,19,20). The first-order valence-electron chi connectivity index (χ1n) is 6.37. The van der Waals surface area contributed by atoms with Crippen molar-refractivity contribution in [2.75, 3.05) is 0 Å². The zero-order valence-electron chi connectivity index (χ0n) is 11.8. The number of amides is 1. The fraction of sp³-hybridized carbons (Fsp3) is 0.200. The number of aryl methyl sites for hydroxylation is 2. The second-order valence-electron chi connectivity index (χ2n) is 4.69. The number of nitrogens with zero attached hydrogens (tertiary/aromatic N) is 1. The molecular formula is C15H16FN3OS. The third kappa shape index (κ3) is 4.03. The number of carbonyl (C=O) groups is 1. The van der Waals surface area contributed by atoms with Crippen molar-refractivity contribution in [2.24, 2.45) is 5.84 Å². The first kappa shape index (κ1) is 15.5. The molecule has 1 aromatic heterocycles. The minimum atomic E-state index is -0.439. The highest BCUT2D eigenvalue weighted by molar-refractivity contribution is 7.98. The number of rotatable bonds is 4. The van der Waals surface area contributed by atoms with Gasteiger partial charge in [0.2, 0.25) is 0 Å². The molecule has 0 bridgehead atoms. The summed E-state index contributed by atoms with van der Waals surface area (Å²) in [6.45, 7) is 3.91. The van der Waals surface area contributed by atoms with Gasteiger partial charge in [0.05, 0.1) is 5.03 Å². The number of aromatic nitrogens is 1. The molecule has 1 heterocycles. The fourth-order valence-electron chi connectivity index (χ4n) is 1.94. The highest BCUT2D eigenvalue weighted by Crippen LogP contribution is 2.24. The smallest absolute Gasteiger partial charge is 0.265 e. The lowest BCUT2D eigenvalue weighted by molar-refractivity contribution is 0.0953. The zero-order valence-corrected chi connectivity index (χ0v) is 12.6. The van der Waals surface area contributed by atoms with Gasteiger partial charge in [0.1, 0.15) is 5.82 Å². The van der Waals surface area contributed by atoms with E-state index in [-0.39, 0.29) is 5.82 Å². The van der Waals surface area contributed by atoms with Gasteiger partial charge in [-0.05, 0) is 55.3 Å². The van der Waals surface area contributed by atoms with E-state index in [1.807, 2.05) is 31.4 Å². The molecule has 4 nitrogen and oxygen atoms in total. The van der Waals surface area contributed by atoms with Crippen molar-refractivity contribution in [2.45, 2.75) is 24.6 Å². The molecule has 0 saturated carbocycles. The molecule has 2 aromatic rings. The summed E-state index contributed by atoms with van der Waals surface area (Å²) in [6.07, 6.45) is 0. The maximum absolute atomic E-state index is 13.8. The van der Waals surface area contributed by atoms with Crippen molar-refractivity contribution in [3.05, 3.63) is 58.5 Å². The molecule has 6 heteroatoms. The third-order valence-corrected chi connectivity index (χ3v) is 3.85. The van der Waals surface area contributed by atoms with Crippen LogP contribution in [0.3, 0.4) is 0 Å². The Morgan fingerprint density at radius 2 is 2.10 bits per heavy atom. The van der Waals surface area contributed by atoms with E-state index < -0.39 is 5.91 Å². The van der Waals surface area contributed by atoms with Crippen LogP contribution in [-0.4, -0.2) is 10.9 Å². The molecule has 0 radical (unpaired) electrons. The molecule has 110 valence electrons. The molecule has 0 atom stereocenters. The van der Waals surface area contributed by atoms with Gasteiger partial charge in [-0.3, -0.25) is 10.2 Å². The molecule has 0 aliphatic rings. The Morgan fingerprint density at radius 1 is 1.33 bits per heavy atom. The van der Waals surface area contributed by atoms with Crippen molar-refractivity contribution in [1.29, 1.82) is 0 Å². The number of nitrogen functional groups attached to an aromatic ring is 1. The average molecular weight is 305 g/mol. The van der Waals surface area contributed by atoms with Crippen LogP contribution in [0.15, 0.2) is 35.4 Å². The molecule has 0 saturated heterocycles. The summed E-state index contributed by atoms with van der Waals surface area (Å²) in [5.41, 5.74) is 4.86. The predicted molar refractivity (Wildman–Crippen MR) is 81.3 cm³/mol. The van der Waals surface area contributed by atoms with Gasteiger partial charge in [-0.15, -0.1) is 11.8 Å². The number of hydrogen-bond donors (Lipinski definition) is 2. The molecule has 21 heavy (non-hydrogen) atoms. The highest BCUT2D eigenvalue weighted by Gasteiger charge is 2.09. The van der Waals surface area contributed by atoms with Crippen LogP contribution in [0.1, 0.15) is 27.2 Å². The van der Waals surface area contributed by atoms with Gasteiger partial charge in [0, 0.05) is 17.0 Å². The Bertz CT molecular complexity index is 656. The zero-order chi connectivity index (χ0) is 15.4. The van der Waals surface area contributed by atoms with Crippen molar-refractivity contribution in [3.8, 4) is 0 Å². The Labute approximate surface area is 126 Å². The highest BCUT2D eigenvalue weighted by atomic mass is 32.2. The second-order valence-corrected chi connectivity index (χ2v) is 5.69. The number of thioether (sulfide) groups is 1. The third-order valence-electron chi connectivity index (χ3n) is 2.89. The van der Waals surface area contributed by atoms with Gasteiger partial charge >= 0.3 is 0 Å². The molecule has 3 N–H and O–H groups in total. The SMILES string of the molecule is Cc1cc(C)nc(SCc2cc(C(=O)NN)ccc2F)c1. The summed E-state index contributed by atoms with van der Waals surface area (Å²) in [6, 6.07) is 8.12. The lowest BCUT2D eigenvalue weighted by Crippen LogP contribution is -2.30. The molecular weight excluding hydrogens is 289 g/mol. The van der Waals surface area contributed by atoms with Gasteiger partial charge in [0.25, 0.3) is 5.91 Å². The number of nitrogens with two attached hydrogens (primary N) is 1. The molecule has 2 rings (SSSR count). The number of nitrogens with one attached hydrogen (secondary N) is 1. The molecule has 1 amide bonds. The van der Waals surface area contributed by atoms with Crippen molar-refractivity contribution in [3.63, 3.8) is 0 Å². The van der Waals surface area contributed by atoms with Crippen LogP contribution in [0.5, 0.6) is 0 Å². The van der Waals surface area contributed by atoms with Crippen molar-refractivity contribution >= 4 is 17.7 Å². The molecule has 0 unspecified atom stereocenters. The average Bonchev–Trinajstić information content (AvgIpc) is 2.44. The van der Waals surface area contributed by atoms with Gasteiger partial charge < -0.3 is 0 Å². The summed E-state index contributed by atoms with van der Waals surface area (Å²) < 4.78 is 13.8. The van der Waals surface area contributed by atoms with E-state index in [2.05, 4.69) is 4.98 Å². The van der Waals surface area contributed by atoms with Crippen molar-refractivity contribution < 1.29 is 9.18 Å². The maximum atomic E-state index is 13.8. The van der Waals surface area contributed by atoms with E-state index in [0.717, 1.165) is 16.3 Å². The van der Waals surface area contributed by atoms with E-state index >= 15 is 0 Å². The van der Waals surface area contributed by atoms with E-state index in [4.69, 9.17) is 5.84 Å². The summed E-state index contributed by atoms with van der Waals surface area (Å²) >= 11 is 1.43. The topological polar surface area (TPSA) is 68.0 Å². The summed E-state index contributed by atoms with van der Waals surface area (Å²) in [7, 11) is 0. The van der Waals surface area contributed by atoms with Gasteiger partial charge in [-0.2, -0.15) is 0 Å². The van der Waals surface area contributed by atoms with Crippen LogP contribution in [0.2, 0.25) is 0 Å². The molecule has 1 aromatic carbocycles. The van der Waals surface area contributed by atoms with Gasteiger partial charge in [-0.25, -0.2) is 15.2 Å². The van der Waals surface area contributed by atoms with Crippen molar-refractivity contribution in [1.82, 2.24) is 10.4 Å². The second kappa shape index (κ2) is 6.69. The Hall–Kier alpha value is -1.92. The van der Waals surface area contributed by atoms with Gasteiger partial charge in [-0.1, -0.05) is 0 Å². The van der Waals surface area contributed by atoms with E-state index in [9.17, 15) is 9.18 Å². The Balaban J connectivity index is 2.17. The van der Waals surface area contributed by atoms with Crippen LogP contribution in [0.4, 0.5) is 4.39 Å². The van der Waals surface area contributed by atoms with Crippen LogP contribution in [0, 0.1) is 19.7 Å². The summed E-state index contributed by atoms with van der Waals surface area (Å²) in [4.78, 5) is 15.9. The predicted octanol–water partition coefficient (Wildman–Crippen LogP) is 2.73. The quantitative estimate of drug-likeness (QED) is 0.394. The molecule has 0 fully saturated rings. The van der Waals surface area contributed by atoms with E-state index in [1.54, 1.807) is 0 Å². The Morgan fingerprint density at radius 3 is 2.76 bits per heavy atom. The first-order valence-corrected chi connectivity index (χ1v) is 7.35. The largest absolute Gasteiger partial charge is 0.290 e. The molecule has 0 spiro atoms. The van der Waals surface area contributed by atoms with Crippen LogP contribution in [0.25, 0.3) is 0 Å². The minimum Gasteiger partial charge on any atom is -0.290 e. The minimum absolute atomic E-state index is 0.336. The number of hydrazine groups is 1. The normalized spacial score (nSPS) is 10.5.